The van der Waals surface area contributed by atoms with E-state index in [1.807, 2.05) is 30.3 Å². The molecular weight excluding hydrogens is 385 g/mol. The third-order valence-electron chi connectivity index (χ3n) is 5.84. The lowest BCUT2D eigenvalue weighted by Crippen LogP contribution is -2.64. The number of amides is 4. The number of nitrogens with one attached hydrogen (secondary N) is 1. The summed E-state index contributed by atoms with van der Waals surface area (Å²) in [6.45, 7) is 0.258. The second-order valence-corrected chi connectivity index (χ2v) is 7.78. The van der Waals surface area contributed by atoms with Crippen LogP contribution in [0.4, 0.5) is 14.9 Å². The quantitative estimate of drug-likeness (QED) is 0.822. The zero-order chi connectivity index (χ0) is 21.1. The average molecular weight is 409 g/mol. The molecule has 30 heavy (non-hydrogen) atoms. The molecule has 6 nitrogen and oxygen atoms in total. The molecule has 2 aromatic rings. The first-order valence-corrected chi connectivity index (χ1v) is 10.3. The van der Waals surface area contributed by atoms with Gasteiger partial charge in [0.2, 0.25) is 11.8 Å². The van der Waals surface area contributed by atoms with Gasteiger partial charge < -0.3 is 10.2 Å². The first-order valence-electron chi connectivity index (χ1n) is 10.3. The zero-order valence-corrected chi connectivity index (χ0v) is 16.6. The number of carbonyl (C=O) groups excluding carboxylic acids is 3. The fraction of sp³-hybridized carbons (Fsp3) is 0.348. The lowest BCUT2D eigenvalue weighted by atomic mass is 9.81. The number of rotatable bonds is 5. The van der Waals surface area contributed by atoms with Crippen LogP contribution in [0.15, 0.2) is 54.6 Å². The highest BCUT2D eigenvalue weighted by Gasteiger charge is 2.47. The molecule has 1 N–H and O–H groups in total. The fourth-order valence-electron chi connectivity index (χ4n) is 4.32. The highest BCUT2D eigenvalue weighted by atomic mass is 19.1. The highest BCUT2D eigenvalue weighted by Crippen LogP contribution is 2.36. The van der Waals surface area contributed by atoms with E-state index < -0.39 is 11.8 Å². The van der Waals surface area contributed by atoms with Gasteiger partial charge in [0.05, 0.1) is 11.6 Å². The van der Waals surface area contributed by atoms with E-state index in [4.69, 9.17) is 0 Å². The molecule has 1 heterocycles. The van der Waals surface area contributed by atoms with Gasteiger partial charge in [-0.25, -0.2) is 14.1 Å². The molecule has 1 saturated carbocycles. The molecule has 4 amide bonds. The summed E-state index contributed by atoms with van der Waals surface area (Å²) in [5.74, 6) is -1.33. The predicted octanol–water partition coefficient (Wildman–Crippen LogP) is 3.47. The van der Waals surface area contributed by atoms with E-state index in [1.54, 1.807) is 0 Å². The van der Waals surface area contributed by atoms with Crippen molar-refractivity contribution < 1.29 is 18.8 Å². The topological polar surface area (TPSA) is 69.7 Å². The average Bonchev–Trinajstić information content (AvgIpc) is 2.77. The molecule has 7 heteroatoms. The standard InChI is InChI=1S/C23H24FN3O3/c24-17-10-12-18(13-11-17)27-22(29)19-8-4-5-9-20(19)26(23(27)30)15-21(28)25-14-16-6-2-1-3-7-16/h1-3,6-7,10-13,19-20H,4-5,8-9,14-15H2,(H,25,28). The largest absolute Gasteiger partial charge is 0.350 e. The van der Waals surface area contributed by atoms with Crippen LogP contribution in [0.2, 0.25) is 0 Å². The SMILES string of the molecule is O=C(CN1C(=O)N(c2ccc(F)cc2)C(=O)C2CCCCC21)NCc1ccccc1. The number of halogens is 1. The number of fused-ring (bicyclic) bond motifs is 1. The van der Waals surface area contributed by atoms with E-state index in [0.717, 1.165) is 23.3 Å². The molecule has 4 rings (SSSR count). The predicted molar refractivity (Wildman–Crippen MR) is 110 cm³/mol. The van der Waals surface area contributed by atoms with Gasteiger partial charge in [0.25, 0.3) is 0 Å². The van der Waals surface area contributed by atoms with Crippen molar-refractivity contribution in [3.05, 3.63) is 66.0 Å². The fourth-order valence-corrected chi connectivity index (χ4v) is 4.32. The number of hydrogen-bond acceptors (Lipinski definition) is 3. The van der Waals surface area contributed by atoms with Crippen LogP contribution in [0, 0.1) is 11.7 Å². The van der Waals surface area contributed by atoms with Gasteiger partial charge in [0.15, 0.2) is 0 Å². The molecule has 2 fully saturated rings. The zero-order valence-electron chi connectivity index (χ0n) is 16.6. The second kappa shape index (κ2) is 8.65. The smallest absolute Gasteiger partial charge is 0.332 e. The molecule has 0 radical (unpaired) electrons. The summed E-state index contributed by atoms with van der Waals surface area (Å²) in [5.41, 5.74) is 1.29. The van der Waals surface area contributed by atoms with E-state index >= 15 is 0 Å². The van der Waals surface area contributed by atoms with Crippen molar-refractivity contribution in [3.8, 4) is 0 Å². The number of benzene rings is 2. The van der Waals surface area contributed by atoms with Gasteiger partial charge in [-0.3, -0.25) is 9.59 Å². The summed E-state index contributed by atoms with van der Waals surface area (Å²) in [5, 5.41) is 2.85. The van der Waals surface area contributed by atoms with E-state index in [1.165, 1.54) is 29.2 Å². The maximum atomic E-state index is 13.3. The van der Waals surface area contributed by atoms with Crippen molar-refractivity contribution >= 4 is 23.5 Å². The Balaban J connectivity index is 1.53. The van der Waals surface area contributed by atoms with Crippen molar-refractivity contribution in [1.82, 2.24) is 10.2 Å². The third-order valence-corrected chi connectivity index (χ3v) is 5.84. The normalized spacial score (nSPS) is 21.4. The third kappa shape index (κ3) is 4.06. The lowest BCUT2D eigenvalue weighted by molar-refractivity contribution is -0.130. The minimum absolute atomic E-state index is 0.113. The summed E-state index contributed by atoms with van der Waals surface area (Å²) in [7, 11) is 0. The molecule has 2 atom stereocenters. The number of urea groups is 1. The Kier molecular flexibility index (Phi) is 5.79. The van der Waals surface area contributed by atoms with Crippen molar-refractivity contribution in [1.29, 1.82) is 0 Å². The number of anilines is 1. The maximum absolute atomic E-state index is 13.3. The summed E-state index contributed by atoms with van der Waals surface area (Å²) < 4.78 is 13.3. The van der Waals surface area contributed by atoms with E-state index in [-0.39, 0.29) is 30.3 Å². The van der Waals surface area contributed by atoms with E-state index in [0.29, 0.717) is 25.1 Å². The molecule has 0 bridgehead atoms. The van der Waals surface area contributed by atoms with Crippen LogP contribution in [-0.2, 0) is 16.1 Å². The summed E-state index contributed by atoms with van der Waals surface area (Å²) in [6.07, 6.45) is 3.20. The van der Waals surface area contributed by atoms with Gasteiger partial charge in [-0.2, -0.15) is 0 Å². The van der Waals surface area contributed by atoms with Crippen LogP contribution in [0.25, 0.3) is 0 Å². The summed E-state index contributed by atoms with van der Waals surface area (Å²) in [4.78, 5) is 41.5. The number of imide groups is 1. The van der Waals surface area contributed by atoms with Crippen LogP contribution in [-0.4, -0.2) is 35.3 Å². The molecule has 0 aromatic heterocycles. The minimum atomic E-state index is -0.524. The first-order chi connectivity index (χ1) is 14.5. The van der Waals surface area contributed by atoms with Crippen LogP contribution < -0.4 is 10.2 Å². The Bertz CT molecular complexity index is 932. The maximum Gasteiger partial charge on any atom is 0.332 e. The van der Waals surface area contributed by atoms with Gasteiger partial charge in [-0.15, -0.1) is 0 Å². The van der Waals surface area contributed by atoms with Crippen LogP contribution in [0.1, 0.15) is 31.2 Å². The van der Waals surface area contributed by atoms with Crippen molar-refractivity contribution in [2.45, 2.75) is 38.3 Å². The first kappa shape index (κ1) is 20.1. The monoisotopic (exact) mass is 409 g/mol. The minimum Gasteiger partial charge on any atom is -0.350 e. The van der Waals surface area contributed by atoms with Gasteiger partial charge in [0.1, 0.15) is 12.4 Å². The van der Waals surface area contributed by atoms with Gasteiger partial charge in [-0.05, 0) is 42.7 Å². The molecular formula is C23H24FN3O3. The molecule has 1 saturated heterocycles. The molecule has 0 spiro atoms. The molecule has 2 aliphatic rings. The lowest BCUT2D eigenvalue weighted by Gasteiger charge is -2.46. The van der Waals surface area contributed by atoms with Crippen molar-refractivity contribution in [3.63, 3.8) is 0 Å². The Labute approximate surface area is 174 Å². The molecule has 2 unspecified atom stereocenters. The van der Waals surface area contributed by atoms with Crippen LogP contribution >= 0.6 is 0 Å². The number of hydrogen-bond donors (Lipinski definition) is 1. The van der Waals surface area contributed by atoms with Crippen LogP contribution in [0.3, 0.4) is 0 Å². The Morgan fingerprint density at radius 2 is 1.70 bits per heavy atom. The van der Waals surface area contributed by atoms with Gasteiger partial charge in [0, 0.05) is 12.6 Å². The Morgan fingerprint density at radius 1 is 1.00 bits per heavy atom. The van der Waals surface area contributed by atoms with Gasteiger partial charge in [-0.1, -0.05) is 43.2 Å². The van der Waals surface area contributed by atoms with E-state index in [9.17, 15) is 18.8 Å². The summed E-state index contributed by atoms with van der Waals surface area (Å²) >= 11 is 0. The second-order valence-electron chi connectivity index (χ2n) is 7.78. The van der Waals surface area contributed by atoms with E-state index in [2.05, 4.69) is 5.32 Å². The van der Waals surface area contributed by atoms with Crippen molar-refractivity contribution in [2.75, 3.05) is 11.4 Å². The number of carbonyl (C=O) groups is 3. The van der Waals surface area contributed by atoms with Crippen molar-refractivity contribution in [2.24, 2.45) is 5.92 Å². The molecule has 156 valence electrons. The molecule has 1 aliphatic heterocycles. The Morgan fingerprint density at radius 3 is 2.43 bits per heavy atom. The molecule has 2 aromatic carbocycles. The number of nitrogens with zero attached hydrogens (tertiary/aromatic N) is 2. The van der Waals surface area contributed by atoms with Crippen LogP contribution in [0.5, 0.6) is 0 Å². The van der Waals surface area contributed by atoms with Gasteiger partial charge >= 0.3 is 6.03 Å². The molecule has 1 aliphatic carbocycles. The summed E-state index contributed by atoms with van der Waals surface area (Å²) in [6, 6.07) is 14.0. The Hall–Kier alpha value is -3.22. The highest BCUT2D eigenvalue weighted by molar-refractivity contribution is 6.17.